The number of rotatable bonds is 7. The van der Waals surface area contributed by atoms with Crippen molar-refractivity contribution in [3.8, 4) is 11.8 Å². The average Bonchev–Trinajstić information content (AvgIpc) is 2.41. The van der Waals surface area contributed by atoms with Crippen LogP contribution in [0, 0.1) is 17.2 Å². The minimum atomic E-state index is 0.0784. The minimum Gasteiger partial charge on any atom is -0.478 e. The van der Waals surface area contributed by atoms with Gasteiger partial charge in [-0.1, -0.05) is 50.6 Å². The van der Waals surface area contributed by atoms with Crippen LogP contribution in [0.3, 0.4) is 0 Å². The predicted octanol–water partition coefficient (Wildman–Crippen LogP) is 3.24. The van der Waals surface area contributed by atoms with E-state index in [1.54, 1.807) is 0 Å². The predicted molar refractivity (Wildman–Crippen MR) is 78.9 cm³/mol. The molecule has 0 heterocycles. The van der Waals surface area contributed by atoms with Gasteiger partial charge >= 0.3 is 0 Å². The Morgan fingerprint density at radius 1 is 1.42 bits per heavy atom. The van der Waals surface area contributed by atoms with Crippen LogP contribution in [0.15, 0.2) is 29.8 Å². The Bertz CT molecular complexity index is 458. The first kappa shape index (κ1) is 15.3. The summed E-state index contributed by atoms with van der Waals surface area (Å²) >= 11 is 0. The zero-order valence-electron chi connectivity index (χ0n) is 11.9. The Labute approximate surface area is 115 Å². The third-order valence-electron chi connectivity index (χ3n) is 2.87. The highest BCUT2D eigenvalue weighted by Gasteiger charge is 2.06. The maximum atomic E-state index is 8.60. The van der Waals surface area contributed by atoms with Gasteiger partial charge in [-0.05, 0) is 18.5 Å². The van der Waals surface area contributed by atoms with Crippen molar-refractivity contribution in [2.45, 2.75) is 20.8 Å². The van der Waals surface area contributed by atoms with Crippen molar-refractivity contribution < 1.29 is 4.74 Å². The second-order valence-corrected chi connectivity index (χ2v) is 4.64. The second kappa shape index (κ2) is 8.34. The Morgan fingerprint density at radius 2 is 2.16 bits per heavy atom. The van der Waals surface area contributed by atoms with E-state index in [0.717, 1.165) is 24.4 Å². The van der Waals surface area contributed by atoms with E-state index < -0.39 is 0 Å². The number of benzene rings is 1. The summed E-state index contributed by atoms with van der Waals surface area (Å²) in [6, 6.07) is 9.81. The summed E-state index contributed by atoms with van der Waals surface area (Å²) in [5.41, 5.74) is 2.36. The van der Waals surface area contributed by atoms with Crippen LogP contribution in [-0.2, 0) is 0 Å². The summed E-state index contributed by atoms with van der Waals surface area (Å²) in [6.45, 7) is 8.37. The van der Waals surface area contributed by atoms with Crippen LogP contribution in [0.4, 0.5) is 0 Å². The fraction of sp³-hybridized carbons (Fsp3) is 0.438. The van der Waals surface area contributed by atoms with Crippen LogP contribution in [0.1, 0.15) is 26.3 Å². The van der Waals surface area contributed by atoms with Gasteiger partial charge in [0.1, 0.15) is 11.8 Å². The van der Waals surface area contributed by atoms with Gasteiger partial charge in [-0.25, -0.2) is 0 Å². The maximum Gasteiger partial charge on any atom is 0.174 e. The van der Waals surface area contributed by atoms with E-state index in [1.807, 2.05) is 30.3 Å². The first-order valence-electron chi connectivity index (χ1n) is 6.69. The number of nitrogens with one attached hydrogen (secondary N) is 1. The molecular weight excluding hydrogens is 236 g/mol. The van der Waals surface area contributed by atoms with Crippen molar-refractivity contribution in [2.75, 3.05) is 19.7 Å². The molecule has 0 unspecified atom stereocenters. The van der Waals surface area contributed by atoms with Crippen LogP contribution in [0.2, 0.25) is 0 Å². The lowest BCUT2D eigenvalue weighted by Crippen LogP contribution is -2.18. The molecule has 0 aliphatic rings. The fourth-order valence-electron chi connectivity index (χ4n) is 1.73. The topological polar surface area (TPSA) is 45.0 Å². The lowest BCUT2D eigenvalue weighted by Gasteiger charge is -2.13. The van der Waals surface area contributed by atoms with Crippen LogP contribution in [0.5, 0.6) is 5.75 Å². The normalized spacial score (nSPS) is 11.4. The van der Waals surface area contributed by atoms with Gasteiger partial charge in [0.15, 0.2) is 6.61 Å². The minimum absolute atomic E-state index is 0.0784. The third-order valence-corrected chi connectivity index (χ3v) is 2.87. The average molecular weight is 258 g/mol. The van der Waals surface area contributed by atoms with Crippen LogP contribution < -0.4 is 10.1 Å². The molecule has 0 spiro atoms. The molecule has 1 N–H and O–H groups in total. The highest BCUT2D eigenvalue weighted by Crippen LogP contribution is 2.23. The molecule has 0 atom stereocenters. The first-order valence-corrected chi connectivity index (χ1v) is 6.69. The molecule has 0 amide bonds. The van der Waals surface area contributed by atoms with E-state index in [2.05, 4.69) is 32.2 Å². The molecular formula is C16H22N2O. The molecule has 3 heteroatoms. The lowest BCUT2D eigenvalue weighted by atomic mass is 10.00. The van der Waals surface area contributed by atoms with E-state index in [1.165, 1.54) is 5.57 Å². The fourth-order valence-corrected chi connectivity index (χ4v) is 1.73. The van der Waals surface area contributed by atoms with Gasteiger partial charge in [0, 0.05) is 12.1 Å². The van der Waals surface area contributed by atoms with Gasteiger partial charge < -0.3 is 10.1 Å². The summed E-state index contributed by atoms with van der Waals surface area (Å²) in [5, 5.41) is 12.0. The Hall–Kier alpha value is -1.79. The second-order valence-electron chi connectivity index (χ2n) is 4.64. The van der Waals surface area contributed by atoms with Gasteiger partial charge in [0.25, 0.3) is 0 Å². The monoisotopic (exact) mass is 258 g/mol. The van der Waals surface area contributed by atoms with Crippen molar-refractivity contribution in [1.82, 2.24) is 5.32 Å². The number of ether oxygens (including phenoxy) is 1. The summed E-state index contributed by atoms with van der Waals surface area (Å²) < 4.78 is 5.45. The van der Waals surface area contributed by atoms with Crippen molar-refractivity contribution in [3.05, 3.63) is 35.4 Å². The van der Waals surface area contributed by atoms with Crippen molar-refractivity contribution in [2.24, 2.45) is 5.92 Å². The van der Waals surface area contributed by atoms with Gasteiger partial charge in [-0.15, -0.1) is 0 Å². The molecule has 3 nitrogen and oxygen atoms in total. The van der Waals surface area contributed by atoms with Gasteiger partial charge in [0.2, 0.25) is 0 Å². The molecule has 1 aromatic carbocycles. The SMILES string of the molecule is CCNCC(=Cc1ccccc1OCC#N)C(C)C. The zero-order chi connectivity index (χ0) is 14.1. The van der Waals surface area contributed by atoms with Crippen LogP contribution in [0.25, 0.3) is 6.08 Å². The standard InChI is InChI=1S/C16H22N2O/c1-4-18-12-15(13(2)3)11-14-7-5-6-8-16(14)19-10-9-17/h5-8,11,13,18H,4,10,12H2,1-3H3. The zero-order valence-corrected chi connectivity index (χ0v) is 11.9. The van der Waals surface area contributed by atoms with Crippen LogP contribution >= 0.6 is 0 Å². The molecule has 0 saturated carbocycles. The molecule has 0 bridgehead atoms. The van der Waals surface area contributed by atoms with E-state index in [4.69, 9.17) is 10.00 Å². The summed E-state index contributed by atoms with van der Waals surface area (Å²) in [5.74, 6) is 1.24. The molecule has 19 heavy (non-hydrogen) atoms. The maximum absolute atomic E-state index is 8.60. The quantitative estimate of drug-likeness (QED) is 0.816. The largest absolute Gasteiger partial charge is 0.478 e. The Morgan fingerprint density at radius 3 is 2.79 bits per heavy atom. The number of nitrogens with zero attached hydrogens (tertiary/aromatic N) is 1. The number of para-hydroxylation sites is 1. The van der Waals surface area contributed by atoms with E-state index in [9.17, 15) is 0 Å². The summed E-state index contributed by atoms with van der Waals surface area (Å²) in [4.78, 5) is 0. The lowest BCUT2D eigenvalue weighted by molar-refractivity contribution is 0.367. The molecule has 102 valence electrons. The summed E-state index contributed by atoms with van der Waals surface area (Å²) in [7, 11) is 0. The number of nitriles is 1. The van der Waals surface area contributed by atoms with Gasteiger partial charge in [-0.2, -0.15) is 5.26 Å². The number of hydrogen-bond donors (Lipinski definition) is 1. The van der Waals surface area contributed by atoms with Crippen molar-refractivity contribution in [1.29, 1.82) is 5.26 Å². The molecule has 1 rings (SSSR count). The van der Waals surface area contributed by atoms with Crippen LogP contribution in [-0.4, -0.2) is 19.7 Å². The van der Waals surface area contributed by atoms with E-state index in [-0.39, 0.29) is 6.61 Å². The van der Waals surface area contributed by atoms with E-state index in [0.29, 0.717) is 5.92 Å². The Kier molecular flexibility index (Phi) is 6.70. The molecule has 1 aromatic rings. The smallest absolute Gasteiger partial charge is 0.174 e. The molecule has 0 radical (unpaired) electrons. The molecule has 0 aliphatic heterocycles. The molecule has 0 fully saturated rings. The first-order chi connectivity index (χ1) is 9.19. The summed E-state index contributed by atoms with van der Waals surface area (Å²) in [6.07, 6.45) is 2.15. The van der Waals surface area contributed by atoms with Crippen molar-refractivity contribution in [3.63, 3.8) is 0 Å². The third kappa shape index (κ3) is 5.15. The van der Waals surface area contributed by atoms with Gasteiger partial charge in [0.05, 0.1) is 0 Å². The number of hydrogen-bond acceptors (Lipinski definition) is 3. The molecule has 0 aliphatic carbocycles. The highest BCUT2D eigenvalue weighted by atomic mass is 16.5. The molecule has 0 saturated heterocycles. The molecule has 0 aromatic heterocycles. The van der Waals surface area contributed by atoms with E-state index >= 15 is 0 Å². The number of likely N-dealkylation sites (N-methyl/N-ethyl adjacent to an activating group) is 1. The van der Waals surface area contributed by atoms with Gasteiger partial charge in [-0.3, -0.25) is 0 Å². The van der Waals surface area contributed by atoms with Crippen molar-refractivity contribution >= 4 is 6.08 Å². The Balaban J connectivity index is 2.96. The highest BCUT2D eigenvalue weighted by molar-refractivity contribution is 5.60.